The molecule has 0 aliphatic carbocycles. The van der Waals surface area contributed by atoms with Crippen molar-refractivity contribution in [3.63, 3.8) is 0 Å². The van der Waals surface area contributed by atoms with Crippen molar-refractivity contribution in [2.45, 2.75) is 26.0 Å². The van der Waals surface area contributed by atoms with Gasteiger partial charge in [-0.1, -0.05) is 0 Å². The third kappa shape index (κ3) is 4.56. The van der Waals surface area contributed by atoms with Gasteiger partial charge in [0, 0.05) is 19.6 Å². The minimum Gasteiger partial charge on any atom is -0.479 e. The summed E-state index contributed by atoms with van der Waals surface area (Å²) in [5, 5.41) is 17.2. The molecule has 8 heteroatoms. The first kappa shape index (κ1) is 14.3. The lowest BCUT2D eigenvalue weighted by Gasteiger charge is -2.21. The van der Waals surface area contributed by atoms with Crippen molar-refractivity contribution in [2.24, 2.45) is 0 Å². The zero-order valence-corrected chi connectivity index (χ0v) is 9.65. The van der Waals surface area contributed by atoms with E-state index >= 15 is 0 Å². The minimum absolute atomic E-state index is 0.246. The molecular weight excluding hydrogens is 224 g/mol. The van der Waals surface area contributed by atoms with Crippen molar-refractivity contribution in [3.8, 4) is 0 Å². The van der Waals surface area contributed by atoms with Crippen LogP contribution in [-0.2, 0) is 15.0 Å². The first-order valence-corrected chi connectivity index (χ1v) is 5.76. The van der Waals surface area contributed by atoms with Gasteiger partial charge in [-0.2, -0.15) is 17.4 Å². The van der Waals surface area contributed by atoms with Crippen molar-refractivity contribution in [1.82, 2.24) is 9.03 Å². The van der Waals surface area contributed by atoms with E-state index in [4.69, 9.17) is 10.2 Å². The lowest BCUT2D eigenvalue weighted by atomic mass is 10.4. The van der Waals surface area contributed by atoms with Crippen LogP contribution in [0.3, 0.4) is 0 Å². The standard InChI is InChI=1S/C7H16N2O5S/c1-5(2)9(3)15(13,14)8-4-6(10)7(11)12/h5-6,8,10H,4H2,1-3H3,(H,11,12)/t6-/m0/s1. The summed E-state index contributed by atoms with van der Waals surface area (Å²) in [7, 11) is -2.37. The Morgan fingerprint density at radius 2 is 1.93 bits per heavy atom. The first-order valence-electron chi connectivity index (χ1n) is 4.32. The molecular formula is C7H16N2O5S. The normalized spacial score (nSPS) is 14.5. The average Bonchev–Trinajstić information content (AvgIpc) is 2.12. The van der Waals surface area contributed by atoms with Gasteiger partial charge in [0.1, 0.15) is 0 Å². The molecule has 7 nitrogen and oxygen atoms in total. The van der Waals surface area contributed by atoms with Gasteiger partial charge in [0.25, 0.3) is 10.2 Å². The molecule has 1 atom stereocenters. The molecule has 15 heavy (non-hydrogen) atoms. The van der Waals surface area contributed by atoms with E-state index in [1.807, 2.05) is 4.72 Å². The fraction of sp³-hybridized carbons (Fsp3) is 0.857. The smallest absolute Gasteiger partial charge is 0.333 e. The fourth-order valence-electron chi connectivity index (χ4n) is 0.651. The van der Waals surface area contributed by atoms with E-state index in [1.165, 1.54) is 7.05 Å². The molecule has 0 aromatic heterocycles. The highest BCUT2D eigenvalue weighted by Gasteiger charge is 2.22. The van der Waals surface area contributed by atoms with Crippen molar-refractivity contribution in [2.75, 3.05) is 13.6 Å². The Kier molecular flexibility index (Phi) is 5.15. The van der Waals surface area contributed by atoms with Gasteiger partial charge in [0.15, 0.2) is 6.10 Å². The van der Waals surface area contributed by atoms with Crippen LogP contribution in [0.25, 0.3) is 0 Å². The number of carbonyl (C=O) groups is 1. The van der Waals surface area contributed by atoms with Crippen molar-refractivity contribution >= 4 is 16.2 Å². The highest BCUT2D eigenvalue weighted by Crippen LogP contribution is 2.00. The quantitative estimate of drug-likeness (QED) is 0.529. The molecule has 0 radical (unpaired) electrons. The molecule has 0 aromatic rings. The van der Waals surface area contributed by atoms with Crippen molar-refractivity contribution in [3.05, 3.63) is 0 Å². The molecule has 90 valence electrons. The molecule has 0 aliphatic heterocycles. The fourth-order valence-corrected chi connectivity index (χ4v) is 1.78. The molecule has 0 unspecified atom stereocenters. The van der Waals surface area contributed by atoms with E-state index in [0.717, 1.165) is 4.31 Å². The zero-order valence-electron chi connectivity index (χ0n) is 8.84. The molecule has 0 amide bonds. The van der Waals surface area contributed by atoms with Crippen LogP contribution in [0.5, 0.6) is 0 Å². The number of hydrogen-bond acceptors (Lipinski definition) is 4. The number of aliphatic carboxylic acids is 1. The molecule has 0 rings (SSSR count). The Morgan fingerprint density at radius 3 is 2.27 bits per heavy atom. The van der Waals surface area contributed by atoms with Crippen LogP contribution in [0.15, 0.2) is 0 Å². The highest BCUT2D eigenvalue weighted by atomic mass is 32.2. The summed E-state index contributed by atoms with van der Waals surface area (Å²) in [5.74, 6) is -1.47. The Labute approximate surface area is 88.9 Å². The largest absolute Gasteiger partial charge is 0.479 e. The van der Waals surface area contributed by atoms with Gasteiger partial charge in [0.05, 0.1) is 0 Å². The molecule has 0 aromatic carbocycles. The van der Waals surface area contributed by atoms with Crippen molar-refractivity contribution in [1.29, 1.82) is 0 Å². The second kappa shape index (κ2) is 5.40. The van der Waals surface area contributed by atoms with Crippen LogP contribution in [0, 0.1) is 0 Å². The maximum atomic E-state index is 11.4. The number of hydrogen-bond donors (Lipinski definition) is 3. The Morgan fingerprint density at radius 1 is 1.47 bits per heavy atom. The molecule has 0 fully saturated rings. The van der Waals surface area contributed by atoms with Crippen LogP contribution < -0.4 is 4.72 Å². The summed E-state index contributed by atoms with van der Waals surface area (Å²) >= 11 is 0. The molecule has 0 aliphatic rings. The monoisotopic (exact) mass is 240 g/mol. The van der Waals surface area contributed by atoms with Gasteiger partial charge in [-0.3, -0.25) is 0 Å². The summed E-state index contributed by atoms with van der Waals surface area (Å²) in [6.45, 7) is 2.80. The molecule has 0 heterocycles. The van der Waals surface area contributed by atoms with E-state index in [-0.39, 0.29) is 6.04 Å². The number of aliphatic hydroxyl groups excluding tert-OH is 1. The zero-order chi connectivity index (χ0) is 12.2. The maximum Gasteiger partial charge on any atom is 0.333 e. The van der Waals surface area contributed by atoms with E-state index in [1.54, 1.807) is 13.8 Å². The highest BCUT2D eigenvalue weighted by molar-refractivity contribution is 7.87. The molecule has 0 saturated heterocycles. The van der Waals surface area contributed by atoms with E-state index in [9.17, 15) is 13.2 Å². The topological polar surface area (TPSA) is 107 Å². The van der Waals surface area contributed by atoms with Gasteiger partial charge in [0.2, 0.25) is 0 Å². The second-order valence-electron chi connectivity index (χ2n) is 3.32. The summed E-state index contributed by atoms with van der Waals surface area (Å²) in [6.07, 6.45) is -1.74. The number of aliphatic hydroxyl groups is 1. The minimum atomic E-state index is -3.73. The summed E-state index contributed by atoms with van der Waals surface area (Å²) < 4.78 is 25.9. The number of carboxylic acid groups (broad SMARTS) is 1. The predicted molar refractivity (Wildman–Crippen MR) is 53.5 cm³/mol. The lowest BCUT2D eigenvalue weighted by molar-refractivity contribution is -0.146. The van der Waals surface area contributed by atoms with Crippen LogP contribution >= 0.6 is 0 Å². The van der Waals surface area contributed by atoms with Crippen molar-refractivity contribution < 1.29 is 23.4 Å². The van der Waals surface area contributed by atoms with Crippen LogP contribution in [0.1, 0.15) is 13.8 Å². The number of nitrogens with zero attached hydrogens (tertiary/aromatic N) is 1. The number of rotatable bonds is 6. The lowest BCUT2D eigenvalue weighted by Crippen LogP contribution is -2.45. The van der Waals surface area contributed by atoms with Crippen LogP contribution in [-0.4, -0.2) is 54.6 Å². The van der Waals surface area contributed by atoms with E-state index in [0.29, 0.717) is 0 Å². The second-order valence-corrected chi connectivity index (χ2v) is 5.13. The SMILES string of the molecule is CC(C)N(C)S(=O)(=O)NC[C@H](O)C(=O)O. The van der Waals surface area contributed by atoms with Crippen LogP contribution in [0.2, 0.25) is 0 Å². The molecule has 0 bridgehead atoms. The van der Waals surface area contributed by atoms with Gasteiger partial charge in [-0.05, 0) is 13.8 Å². The number of nitrogens with one attached hydrogen (secondary N) is 1. The Bertz CT molecular complexity index is 313. The molecule has 0 spiro atoms. The van der Waals surface area contributed by atoms with Gasteiger partial charge in [-0.25, -0.2) is 4.79 Å². The summed E-state index contributed by atoms with van der Waals surface area (Å²) in [4.78, 5) is 10.2. The van der Waals surface area contributed by atoms with E-state index < -0.39 is 28.8 Å². The summed E-state index contributed by atoms with van der Waals surface area (Å²) in [6, 6.07) is -0.246. The Hall–Kier alpha value is -0.700. The number of carboxylic acids is 1. The molecule has 0 saturated carbocycles. The van der Waals surface area contributed by atoms with E-state index in [2.05, 4.69) is 0 Å². The summed E-state index contributed by atoms with van der Waals surface area (Å²) in [5.41, 5.74) is 0. The van der Waals surface area contributed by atoms with Gasteiger partial charge >= 0.3 is 5.97 Å². The first-order chi connectivity index (χ1) is 6.68. The maximum absolute atomic E-state index is 11.4. The third-order valence-electron chi connectivity index (χ3n) is 1.85. The molecule has 3 N–H and O–H groups in total. The Balaban J connectivity index is 4.35. The average molecular weight is 240 g/mol. The van der Waals surface area contributed by atoms with Gasteiger partial charge < -0.3 is 10.2 Å². The van der Waals surface area contributed by atoms with Crippen LogP contribution in [0.4, 0.5) is 0 Å². The van der Waals surface area contributed by atoms with Gasteiger partial charge in [-0.15, -0.1) is 0 Å². The third-order valence-corrected chi connectivity index (χ3v) is 3.56. The predicted octanol–water partition coefficient (Wildman–Crippen LogP) is -1.39.